The maximum atomic E-state index is 12.0. The maximum Gasteiger partial charge on any atom is 0.224 e. The molecule has 2 N–H and O–H groups in total. The highest BCUT2D eigenvalue weighted by Gasteiger charge is 2.15. The first kappa shape index (κ1) is 14.6. The topological polar surface area (TPSA) is 80.0 Å². The van der Waals surface area contributed by atoms with Gasteiger partial charge in [0.15, 0.2) is 5.82 Å². The molecule has 0 saturated heterocycles. The average Bonchev–Trinajstić information content (AvgIpc) is 2.75. The van der Waals surface area contributed by atoms with E-state index < -0.39 is 0 Å². The second-order valence-electron chi connectivity index (χ2n) is 5.58. The standard InChI is InChI=1S/C16H20N4O2/c21-13-7-4-3-6-12(13)10-16(22)17-11-15-19-18-14-8-2-1-5-9-20(14)15/h3-4,6-7,21H,1-2,5,8-11H2,(H,17,22). The van der Waals surface area contributed by atoms with Gasteiger partial charge >= 0.3 is 0 Å². The van der Waals surface area contributed by atoms with E-state index in [0.29, 0.717) is 12.1 Å². The van der Waals surface area contributed by atoms with Crippen LogP contribution in [0.2, 0.25) is 0 Å². The number of hydrogen-bond acceptors (Lipinski definition) is 4. The molecule has 0 radical (unpaired) electrons. The fourth-order valence-electron chi connectivity index (χ4n) is 2.75. The number of nitrogens with zero attached hydrogens (tertiary/aromatic N) is 3. The molecule has 0 spiro atoms. The number of para-hydroxylation sites is 1. The molecule has 116 valence electrons. The van der Waals surface area contributed by atoms with Crippen molar-refractivity contribution in [2.75, 3.05) is 0 Å². The Morgan fingerprint density at radius 3 is 2.95 bits per heavy atom. The Balaban J connectivity index is 1.60. The summed E-state index contributed by atoms with van der Waals surface area (Å²) in [6.07, 6.45) is 4.61. The minimum absolute atomic E-state index is 0.132. The van der Waals surface area contributed by atoms with Gasteiger partial charge in [0.1, 0.15) is 11.6 Å². The van der Waals surface area contributed by atoms with E-state index in [0.717, 1.165) is 37.5 Å². The van der Waals surface area contributed by atoms with E-state index in [9.17, 15) is 9.90 Å². The van der Waals surface area contributed by atoms with Gasteiger partial charge in [-0.15, -0.1) is 10.2 Å². The number of fused-ring (bicyclic) bond motifs is 1. The van der Waals surface area contributed by atoms with Crippen LogP contribution < -0.4 is 5.32 Å². The van der Waals surface area contributed by atoms with Crippen molar-refractivity contribution >= 4 is 5.91 Å². The number of nitrogens with one attached hydrogen (secondary N) is 1. The number of carbonyl (C=O) groups is 1. The number of aromatic nitrogens is 3. The first-order chi connectivity index (χ1) is 10.7. The first-order valence-corrected chi connectivity index (χ1v) is 7.68. The van der Waals surface area contributed by atoms with E-state index in [1.54, 1.807) is 24.3 Å². The average molecular weight is 300 g/mol. The van der Waals surface area contributed by atoms with Crippen molar-refractivity contribution in [2.45, 2.75) is 45.2 Å². The van der Waals surface area contributed by atoms with E-state index in [1.807, 2.05) is 0 Å². The molecule has 0 aliphatic carbocycles. The molecule has 1 aliphatic rings. The van der Waals surface area contributed by atoms with Crippen molar-refractivity contribution in [3.05, 3.63) is 41.5 Å². The lowest BCUT2D eigenvalue weighted by atomic mass is 10.1. The van der Waals surface area contributed by atoms with Crippen LogP contribution in [0.15, 0.2) is 24.3 Å². The second-order valence-corrected chi connectivity index (χ2v) is 5.58. The smallest absolute Gasteiger partial charge is 0.224 e. The number of aryl methyl sites for hydroxylation is 1. The van der Waals surface area contributed by atoms with E-state index in [-0.39, 0.29) is 18.1 Å². The molecule has 1 aromatic carbocycles. The molecule has 6 heteroatoms. The maximum absolute atomic E-state index is 12.0. The molecule has 1 aromatic heterocycles. The minimum atomic E-state index is -0.132. The Labute approximate surface area is 129 Å². The van der Waals surface area contributed by atoms with Crippen LogP contribution in [0.5, 0.6) is 5.75 Å². The lowest BCUT2D eigenvalue weighted by molar-refractivity contribution is -0.120. The summed E-state index contributed by atoms with van der Waals surface area (Å²) < 4.78 is 2.12. The summed E-state index contributed by atoms with van der Waals surface area (Å²) in [5, 5.41) is 21.0. The number of benzene rings is 1. The Kier molecular flexibility index (Phi) is 4.37. The van der Waals surface area contributed by atoms with Crippen molar-refractivity contribution in [1.29, 1.82) is 0 Å². The summed E-state index contributed by atoms with van der Waals surface area (Å²) in [6, 6.07) is 6.88. The lowest BCUT2D eigenvalue weighted by Crippen LogP contribution is -2.26. The highest BCUT2D eigenvalue weighted by molar-refractivity contribution is 5.79. The highest BCUT2D eigenvalue weighted by Crippen LogP contribution is 2.16. The third-order valence-corrected chi connectivity index (χ3v) is 3.97. The lowest BCUT2D eigenvalue weighted by Gasteiger charge is -2.09. The summed E-state index contributed by atoms with van der Waals surface area (Å²) >= 11 is 0. The number of carbonyl (C=O) groups excluding carboxylic acids is 1. The number of rotatable bonds is 4. The molecule has 6 nitrogen and oxygen atoms in total. The van der Waals surface area contributed by atoms with Crippen LogP contribution in [-0.2, 0) is 30.7 Å². The van der Waals surface area contributed by atoms with Gasteiger partial charge < -0.3 is 15.0 Å². The fraction of sp³-hybridized carbons (Fsp3) is 0.438. The van der Waals surface area contributed by atoms with Crippen LogP contribution >= 0.6 is 0 Å². The first-order valence-electron chi connectivity index (χ1n) is 7.68. The molecule has 2 heterocycles. The van der Waals surface area contributed by atoms with E-state index in [4.69, 9.17) is 0 Å². The van der Waals surface area contributed by atoms with Crippen molar-refractivity contribution in [2.24, 2.45) is 0 Å². The molecule has 3 rings (SSSR count). The van der Waals surface area contributed by atoms with Gasteiger partial charge in [-0.25, -0.2) is 0 Å². The van der Waals surface area contributed by atoms with Gasteiger partial charge in [-0.1, -0.05) is 24.6 Å². The van der Waals surface area contributed by atoms with Gasteiger partial charge in [0.25, 0.3) is 0 Å². The SMILES string of the molecule is O=C(Cc1ccccc1O)NCc1nnc2n1CCCCC2. The van der Waals surface area contributed by atoms with Gasteiger partial charge in [0, 0.05) is 18.5 Å². The Morgan fingerprint density at radius 2 is 2.09 bits per heavy atom. The van der Waals surface area contributed by atoms with Crippen LogP contribution in [0.1, 0.15) is 36.5 Å². The molecule has 2 aromatic rings. The Hall–Kier alpha value is -2.37. The van der Waals surface area contributed by atoms with E-state index in [2.05, 4.69) is 20.1 Å². The van der Waals surface area contributed by atoms with Gasteiger partial charge in [0.2, 0.25) is 5.91 Å². The van der Waals surface area contributed by atoms with E-state index >= 15 is 0 Å². The van der Waals surface area contributed by atoms with Crippen LogP contribution in [0, 0.1) is 0 Å². The predicted octanol–water partition coefficient (Wildman–Crippen LogP) is 1.57. The van der Waals surface area contributed by atoms with Crippen LogP contribution in [0.25, 0.3) is 0 Å². The molecule has 1 amide bonds. The Morgan fingerprint density at radius 1 is 1.23 bits per heavy atom. The van der Waals surface area contributed by atoms with Gasteiger partial charge in [-0.05, 0) is 18.9 Å². The van der Waals surface area contributed by atoms with Crippen molar-refractivity contribution in [3.63, 3.8) is 0 Å². The second kappa shape index (κ2) is 6.60. The van der Waals surface area contributed by atoms with E-state index in [1.165, 1.54) is 6.42 Å². The zero-order chi connectivity index (χ0) is 15.4. The number of amides is 1. The number of phenols is 1. The molecule has 0 bridgehead atoms. The highest BCUT2D eigenvalue weighted by atomic mass is 16.3. The third-order valence-electron chi connectivity index (χ3n) is 3.97. The molecule has 0 fully saturated rings. The molecule has 0 atom stereocenters. The molecular weight excluding hydrogens is 280 g/mol. The summed E-state index contributed by atoms with van der Waals surface area (Å²) in [5.41, 5.74) is 0.625. The number of phenolic OH excluding ortho intramolecular Hbond substituents is 1. The fourth-order valence-corrected chi connectivity index (χ4v) is 2.75. The summed E-state index contributed by atoms with van der Waals surface area (Å²) in [6.45, 7) is 1.30. The molecule has 22 heavy (non-hydrogen) atoms. The van der Waals surface area contributed by atoms with Crippen LogP contribution in [-0.4, -0.2) is 25.8 Å². The van der Waals surface area contributed by atoms with Crippen molar-refractivity contribution in [3.8, 4) is 5.75 Å². The molecule has 0 unspecified atom stereocenters. The van der Waals surface area contributed by atoms with Gasteiger partial charge in [-0.2, -0.15) is 0 Å². The zero-order valence-electron chi connectivity index (χ0n) is 12.5. The molecular formula is C16H20N4O2. The molecule has 0 saturated carbocycles. The van der Waals surface area contributed by atoms with Gasteiger partial charge in [-0.3, -0.25) is 4.79 Å². The molecule has 1 aliphatic heterocycles. The summed E-state index contributed by atoms with van der Waals surface area (Å²) in [4.78, 5) is 12.0. The predicted molar refractivity (Wildman–Crippen MR) is 81.2 cm³/mol. The minimum Gasteiger partial charge on any atom is -0.508 e. The van der Waals surface area contributed by atoms with Gasteiger partial charge in [0.05, 0.1) is 13.0 Å². The van der Waals surface area contributed by atoms with Crippen molar-refractivity contribution in [1.82, 2.24) is 20.1 Å². The normalized spacial score (nSPS) is 14.2. The third kappa shape index (κ3) is 3.27. The largest absolute Gasteiger partial charge is 0.508 e. The summed E-state index contributed by atoms with van der Waals surface area (Å²) in [5.74, 6) is 1.84. The van der Waals surface area contributed by atoms with Crippen LogP contribution in [0.3, 0.4) is 0 Å². The van der Waals surface area contributed by atoms with Crippen LogP contribution in [0.4, 0.5) is 0 Å². The monoisotopic (exact) mass is 300 g/mol. The van der Waals surface area contributed by atoms with Crippen molar-refractivity contribution < 1.29 is 9.90 Å². The summed E-state index contributed by atoms with van der Waals surface area (Å²) in [7, 11) is 0. The number of aromatic hydroxyl groups is 1. The number of hydrogen-bond donors (Lipinski definition) is 2. The Bertz CT molecular complexity index is 666. The quantitative estimate of drug-likeness (QED) is 0.898. The zero-order valence-corrected chi connectivity index (χ0v) is 12.5.